The van der Waals surface area contributed by atoms with Crippen molar-refractivity contribution in [2.75, 3.05) is 0 Å². The minimum Gasteiger partial charge on any atom is -1.00 e. The van der Waals surface area contributed by atoms with Crippen LogP contribution in [0, 0.1) is 0 Å². The number of phosphoric acid groups is 1. The van der Waals surface area contributed by atoms with Crippen LogP contribution in [0.15, 0.2) is 0 Å². The van der Waals surface area contributed by atoms with Crippen molar-refractivity contribution in [3.63, 3.8) is 0 Å². The number of hydrogen-bond donors (Lipinski definition) is 0. The fraction of sp³-hybridized carbons (Fsp3) is 0. The van der Waals surface area contributed by atoms with Gasteiger partial charge in [-0.15, -0.1) is 0 Å². The Kier molecular flexibility index (Phi) is 13.1. The van der Waals surface area contributed by atoms with E-state index in [2.05, 4.69) is 0 Å². The third-order valence-electron chi connectivity index (χ3n) is 0. The maximum absolute atomic E-state index is 8.55. The van der Waals surface area contributed by atoms with Gasteiger partial charge >= 0.3 is 47.5 Å². The Morgan fingerprint density at radius 2 is 1.29 bits per heavy atom. The third kappa shape index (κ3) is 90.2. The van der Waals surface area contributed by atoms with Gasteiger partial charge in [0.1, 0.15) is 0 Å². The first-order valence-corrected chi connectivity index (χ1v) is 2.19. The minimum absolute atomic E-state index is 0. The van der Waals surface area contributed by atoms with E-state index in [1.54, 1.807) is 0 Å². The van der Waals surface area contributed by atoms with E-state index < -0.39 is 7.82 Å². The summed E-state index contributed by atoms with van der Waals surface area (Å²) < 4.78 is 8.55. The summed E-state index contributed by atoms with van der Waals surface area (Å²) in [7, 11) is -5.39. The van der Waals surface area contributed by atoms with E-state index in [0.717, 1.165) is 0 Å². The summed E-state index contributed by atoms with van der Waals surface area (Å²) in [6, 6.07) is 0. The van der Waals surface area contributed by atoms with Gasteiger partial charge in [0.05, 0.1) is 0 Å². The summed E-state index contributed by atoms with van der Waals surface area (Å²) >= 11 is 0. The normalized spacial score (nSPS) is 8.43. The molecular weight excluding hydrogens is 144 g/mol. The molecule has 0 aliphatic rings. The molecule has 7 heteroatoms. The molecular formula is H3Mg2O4P. The van der Waals surface area contributed by atoms with Gasteiger partial charge in [-0.3, -0.25) is 0 Å². The molecule has 0 spiro atoms. The fourth-order valence-electron chi connectivity index (χ4n) is 0. The Hall–Kier alpha value is 1.64. The van der Waals surface area contributed by atoms with Crippen molar-refractivity contribution in [3.05, 3.63) is 0 Å². The molecule has 0 aliphatic heterocycles. The molecule has 0 aromatic carbocycles. The maximum atomic E-state index is 8.55. The molecule has 0 amide bonds. The van der Waals surface area contributed by atoms with Crippen LogP contribution < -0.4 is 14.7 Å². The minimum atomic E-state index is -5.39. The molecule has 0 saturated heterocycles. The fourth-order valence-corrected chi connectivity index (χ4v) is 0. The molecule has 4 nitrogen and oxygen atoms in total. The summed E-state index contributed by atoms with van der Waals surface area (Å²) in [6.45, 7) is 0. The smallest absolute Gasteiger partial charge is 1.00 e. The average Bonchev–Trinajstić information content (AvgIpc) is 0.722. The van der Waals surface area contributed by atoms with E-state index in [1.807, 2.05) is 0 Å². The third-order valence-corrected chi connectivity index (χ3v) is 0. The standard InChI is InChI=1S/2Mg.H3O4P.2H/c;;1-5(2,3)4;;/h;;(H3,1,2,3,4);;/q2*+2;;2*-1/p-2. The van der Waals surface area contributed by atoms with Crippen LogP contribution in [0.25, 0.3) is 0 Å². The zero-order valence-electron chi connectivity index (χ0n) is 6.49. The summed E-state index contributed by atoms with van der Waals surface area (Å²) in [5.74, 6) is 0. The van der Waals surface area contributed by atoms with Crippen molar-refractivity contribution < 1.29 is 23.5 Å². The maximum Gasteiger partial charge on any atom is 2.00 e. The first-order chi connectivity index (χ1) is 2.00. The van der Waals surface area contributed by atoms with Crippen LogP contribution in [-0.2, 0) is 4.57 Å². The predicted molar refractivity (Wildman–Crippen MR) is 22.5 cm³/mol. The van der Waals surface area contributed by atoms with Gasteiger partial charge in [-0.1, -0.05) is 0 Å². The van der Waals surface area contributed by atoms with Gasteiger partial charge in [0.2, 0.25) is 0 Å². The molecule has 0 fully saturated rings. The van der Waals surface area contributed by atoms with Gasteiger partial charge in [0.15, 0.2) is 0 Å². The van der Waals surface area contributed by atoms with Crippen LogP contribution in [0.3, 0.4) is 0 Å². The predicted octanol–water partition coefficient (Wildman–Crippen LogP) is -3.25. The Balaban J connectivity index is -0.00000000800. The summed E-state index contributed by atoms with van der Waals surface area (Å²) in [4.78, 5) is 25.6. The van der Waals surface area contributed by atoms with E-state index in [9.17, 15) is 0 Å². The second-order valence-electron chi connectivity index (χ2n) is 0.447. The van der Waals surface area contributed by atoms with Crippen LogP contribution in [-0.4, -0.2) is 46.1 Å². The topological polar surface area (TPSA) is 86.2 Å². The van der Waals surface area contributed by atoms with Crippen molar-refractivity contribution >= 4 is 53.9 Å². The first kappa shape index (κ1) is 15.9. The Morgan fingerprint density at radius 3 is 1.29 bits per heavy atom. The molecule has 0 aliphatic carbocycles. The Labute approximate surface area is 77.3 Å². The summed E-state index contributed by atoms with van der Waals surface area (Å²) in [5.41, 5.74) is 0. The van der Waals surface area contributed by atoms with Crippen molar-refractivity contribution in [1.29, 1.82) is 0 Å². The molecule has 0 rings (SSSR count). The molecule has 36 valence electrons. The molecule has 0 unspecified atom stereocenters. The molecule has 0 atom stereocenters. The van der Waals surface area contributed by atoms with Crippen molar-refractivity contribution in [1.82, 2.24) is 0 Å². The Bertz CT molecular complexity index is 64.6. The summed E-state index contributed by atoms with van der Waals surface area (Å²) in [5, 5.41) is 0. The molecule has 0 saturated carbocycles. The van der Waals surface area contributed by atoms with Crippen LogP contribution in [0.5, 0.6) is 0 Å². The zero-order valence-corrected chi connectivity index (χ0v) is 7.22. The van der Waals surface area contributed by atoms with Crippen LogP contribution in [0.1, 0.15) is 4.28 Å². The zero-order chi connectivity index (χ0) is 4.50. The second-order valence-corrected chi connectivity index (χ2v) is 1.34. The molecule has 0 aromatic heterocycles. The second kappa shape index (κ2) is 5.77. The van der Waals surface area contributed by atoms with Gasteiger partial charge in [0, 0.05) is 0 Å². The Morgan fingerprint density at radius 1 is 1.29 bits per heavy atom. The van der Waals surface area contributed by atoms with Crippen molar-refractivity contribution in [3.8, 4) is 0 Å². The first-order valence-electron chi connectivity index (χ1n) is 0.730. The van der Waals surface area contributed by atoms with Gasteiger partial charge in [-0.2, -0.15) is 7.82 Å². The van der Waals surface area contributed by atoms with Gasteiger partial charge < -0.3 is 22.1 Å². The van der Waals surface area contributed by atoms with Crippen LogP contribution in [0.2, 0.25) is 0 Å². The van der Waals surface area contributed by atoms with E-state index in [1.165, 1.54) is 0 Å². The monoisotopic (exact) mass is 146 g/mol. The molecule has 7 heavy (non-hydrogen) atoms. The molecule has 0 aromatic rings. The van der Waals surface area contributed by atoms with Crippen molar-refractivity contribution in [2.45, 2.75) is 0 Å². The number of hydrogen-bond acceptors (Lipinski definition) is 4. The van der Waals surface area contributed by atoms with E-state index in [-0.39, 0.29) is 50.4 Å². The quantitative estimate of drug-likeness (QED) is 0.265. The molecule has 0 bridgehead atoms. The summed E-state index contributed by atoms with van der Waals surface area (Å²) in [6.07, 6.45) is 0. The SMILES string of the molecule is O=P([O-])([O-])[O-].[H+].[H-].[H-].[Mg+2].[Mg+2]. The van der Waals surface area contributed by atoms with E-state index >= 15 is 0 Å². The average molecular weight is 147 g/mol. The van der Waals surface area contributed by atoms with Gasteiger partial charge in [0.25, 0.3) is 0 Å². The van der Waals surface area contributed by atoms with E-state index in [4.69, 9.17) is 19.2 Å². The van der Waals surface area contributed by atoms with Gasteiger partial charge in [-0.05, 0) is 0 Å². The van der Waals surface area contributed by atoms with Gasteiger partial charge in [-0.25, -0.2) is 0 Å². The van der Waals surface area contributed by atoms with Crippen molar-refractivity contribution in [2.24, 2.45) is 0 Å². The molecule has 0 N–H and O–H groups in total. The van der Waals surface area contributed by atoms with Crippen LogP contribution in [0.4, 0.5) is 0 Å². The van der Waals surface area contributed by atoms with Crippen LogP contribution >= 0.6 is 7.82 Å². The molecule has 0 heterocycles. The molecule has 0 radical (unpaired) electrons. The van der Waals surface area contributed by atoms with E-state index in [0.29, 0.717) is 0 Å². The largest absolute Gasteiger partial charge is 2.00 e. The number of rotatable bonds is 0.